The topological polar surface area (TPSA) is 61.6 Å². The number of hydrogen-bond donors (Lipinski definition) is 0. The highest BCUT2D eigenvalue weighted by Gasteiger charge is 2.23. The minimum atomic E-state index is -0.433. The van der Waals surface area contributed by atoms with Crippen LogP contribution in [0, 0.1) is 10.1 Å². The van der Waals surface area contributed by atoms with E-state index in [2.05, 4.69) is 0 Å². The van der Waals surface area contributed by atoms with Gasteiger partial charge in [-0.3, -0.25) is 10.1 Å². The monoisotopic (exact) mass is 269 g/mol. The van der Waals surface area contributed by atoms with Crippen molar-refractivity contribution in [3.8, 4) is 11.5 Å². The maximum atomic E-state index is 10.6. The number of nitro groups is 1. The van der Waals surface area contributed by atoms with E-state index in [0.717, 1.165) is 5.56 Å². The summed E-state index contributed by atoms with van der Waals surface area (Å²) in [4.78, 5) is 10.1. The van der Waals surface area contributed by atoms with Gasteiger partial charge in [0, 0.05) is 12.1 Å². The molecule has 0 unspecified atom stereocenters. The van der Waals surface area contributed by atoms with Crippen molar-refractivity contribution in [2.45, 2.75) is 13.4 Å². The van der Waals surface area contributed by atoms with Gasteiger partial charge in [0.15, 0.2) is 0 Å². The first-order valence-corrected chi connectivity index (χ1v) is 6.30. The average molecular weight is 269 g/mol. The van der Waals surface area contributed by atoms with Gasteiger partial charge in [0.25, 0.3) is 5.69 Å². The van der Waals surface area contributed by atoms with Gasteiger partial charge in [-0.05, 0) is 35.3 Å². The average Bonchev–Trinajstić information content (AvgIpc) is 2.81. The van der Waals surface area contributed by atoms with Crippen LogP contribution in [0.25, 0.3) is 0 Å². The lowest BCUT2D eigenvalue weighted by Gasteiger charge is -2.07. The Bertz CT molecular complexity index is 657. The first kappa shape index (κ1) is 12.7. The van der Waals surface area contributed by atoms with Crippen molar-refractivity contribution >= 4 is 18.1 Å². The molecule has 0 aliphatic carbocycles. The van der Waals surface area contributed by atoms with E-state index in [9.17, 15) is 10.1 Å². The molecule has 0 bridgehead atoms. The van der Waals surface area contributed by atoms with Crippen molar-refractivity contribution in [2.24, 2.45) is 0 Å². The van der Waals surface area contributed by atoms with Gasteiger partial charge in [-0.1, -0.05) is 12.9 Å². The largest absolute Gasteiger partial charge is 0.457 e. The van der Waals surface area contributed by atoms with Gasteiger partial charge in [0.2, 0.25) is 0 Å². The zero-order chi connectivity index (χ0) is 14.1. The molecule has 1 aliphatic heterocycles. The number of fused-ring (bicyclic) bond motifs is 1. The number of hydrogen-bond acceptors (Lipinski definition) is 4. The summed E-state index contributed by atoms with van der Waals surface area (Å²) < 4.78 is 11.2. The van der Waals surface area contributed by atoms with Crippen molar-refractivity contribution < 1.29 is 14.3 Å². The van der Waals surface area contributed by atoms with Gasteiger partial charge in [0.1, 0.15) is 11.5 Å². The molecule has 0 radical (unpaired) electrons. The Balaban J connectivity index is 1.79. The molecule has 2 aromatic carbocycles. The van der Waals surface area contributed by atoms with E-state index in [1.54, 1.807) is 12.1 Å². The van der Waals surface area contributed by atoms with Crippen molar-refractivity contribution in [3.63, 3.8) is 0 Å². The van der Waals surface area contributed by atoms with E-state index in [1.807, 2.05) is 25.0 Å². The van der Waals surface area contributed by atoms with Crippen LogP contribution in [0.3, 0.4) is 0 Å². The predicted molar refractivity (Wildman–Crippen MR) is 75.7 cm³/mol. The molecule has 100 valence electrons. The van der Waals surface area contributed by atoms with Crippen molar-refractivity contribution in [1.82, 2.24) is 0 Å². The molecule has 5 nitrogen and oxygen atoms in total. The molecule has 0 N–H and O–H groups in total. The number of rotatable bonds is 3. The maximum absolute atomic E-state index is 10.6. The first-order valence-electron chi connectivity index (χ1n) is 6.30. The fourth-order valence-electron chi connectivity index (χ4n) is 2.24. The van der Waals surface area contributed by atoms with Gasteiger partial charge in [-0.2, -0.15) is 0 Å². The molecule has 2 aromatic rings. The van der Waals surface area contributed by atoms with Crippen molar-refractivity contribution in [3.05, 3.63) is 58.1 Å². The first-order chi connectivity index (χ1) is 9.63. The number of benzene rings is 2. The molecule has 0 saturated carbocycles. The summed E-state index contributed by atoms with van der Waals surface area (Å²) in [6, 6.07) is 11.8. The molecule has 6 heteroatoms. The lowest BCUT2D eigenvalue weighted by Crippen LogP contribution is -2.23. The highest BCUT2D eigenvalue weighted by Crippen LogP contribution is 2.25. The molecular formula is C14H12BNO4. The van der Waals surface area contributed by atoms with E-state index >= 15 is 0 Å². The van der Waals surface area contributed by atoms with Crippen LogP contribution >= 0.6 is 0 Å². The summed E-state index contributed by atoms with van der Waals surface area (Å²) in [7, 11) is 0. The Hall–Kier alpha value is -2.34. The molecule has 1 aliphatic rings. The second-order valence-electron chi connectivity index (χ2n) is 4.67. The second-order valence-corrected chi connectivity index (χ2v) is 4.67. The molecule has 1 heterocycles. The second kappa shape index (κ2) is 4.98. The van der Waals surface area contributed by atoms with Crippen LogP contribution in [0.5, 0.6) is 11.5 Å². The quantitative estimate of drug-likeness (QED) is 0.488. The third kappa shape index (κ3) is 2.37. The Morgan fingerprint density at radius 1 is 1.20 bits per heavy atom. The number of ether oxygens (including phenoxy) is 1. The minimum absolute atomic E-state index is 0.0496. The molecular weight excluding hydrogens is 257 g/mol. The number of nitro benzene ring substituents is 1. The van der Waals surface area contributed by atoms with Crippen LogP contribution in [0.1, 0.15) is 5.56 Å². The van der Waals surface area contributed by atoms with Crippen LogP contribution in [-0.4, -0.2) is 11.8 Å². The summed E-state index contributed by atoms with van der Waals surface area (Å²) in [5, 5.41) is 10.6. The Labute approximate surface area is 116 Å². The third-order valence-electron chi connectivity index (χ3n) is 3.32. The fraction of sp³-hybridized carbons (Fsp3) is 0.143. The van der Waals surface area contributed by atoms with Crippen LogP contribution in [0.15, 0.2) is 42.5 Å². The molecule has 0 fully saturated rings. The normalized spacial score (nSPS) is 13.2. The standard InChI is InChI=1S/C14H12BNO4/c1-15-14-7-6-13(8-10(14)9-19-15)20-12-4-2-11(3-5-12)16(17)18/h2-8H,9H2,1H3. The zero-order valence-corrected chi connectivity index (χ0v) is 10.9. The maximum Gasteiger partial charge on any atom is 0.324 e. The Morgan fingerprint density at radius 3 is 2.60 bits per heavy atom. The molecule has 0 saturated heterocycles. The predicted octanol–water partition coefficient (Wildman–Crippen LogP) is 2.75. The summed E-state index contributed by atoms with van der Waals surface area (Å²) in [6.07, 6.45) is 0. The van der Waals surface area contributed by atoms with Gasteiger partial charge >= 0.3 is 6.92 Å². The van der Waals surface area contributed by atoms with Crippen molar-refractivity contribution in [1.29, 1.82) is 0 Å². The highest BCUT2D eigenvalue weighted by atomic mass is 16.6. The van der Waals surface area contributed by atoms with Crippen molar-refractivity contribution in [2.75, 3.05) is 0 Å². The number of nitrogens with zero attached hydrogens (tertiary/aromatic N) is 1. The van der Waals surface area contributed by atoms with E-state index in [-0.39, 0.29) is 12.6 Å². The van der Waals surface area contributed by atoms with E-state index in [1.165, 1.54) is 17.6 Å². The lowest BCUT2D eigenvalue weighted by atomic mass is 9.64. The van der Waals surface area contributed by atoms with Gasteiger partial charge in [-0.15, -0.1) is 0 Å². The van der Waals surface area contributed by atoms with Crippen LogP contribution in [-0.2, 0) is 11.3 Å². The number of non-ortho nitro benzene ring substituents is 1. The fourth-order valence-corrected chi connectivity index (χ4v) is 2.24. The molecule has 0 atom stereocenters. The van der Waals surface area contributed by atoms with Crippen LogP contribution in [0.4, 0.5) is 5.69 Å². The summed E-state index contributed by atoms with van der Waals surface area (Å²) in [5.41, 5.74) is 2.35. The van der Waals surface area contributed by atoms with Crippen LogP contribution in [0.2, 0.25) is 6.82 Å². The highest BCUT2D eigenvalue weighted by molar-refractivity contribution is 6.67. The van der Waals surface area contributed by atoms with E-state index in [4.69, 9.17) is 9.39 Å². The van der Waals surface area contributed by atoms with E-state index in [0.29, 0.717) is 18.1 Å². The summed E-state index contributed by atoms with van der Waals surface area (Å²) in [5.74, 6) is 1.28. The van der Waals surface area contributed by atoms with Gasteiger partial charge in [0.05, 0.1) is 11.5 Å². The SMILES string of the molecule is CB1OCc2cc(Oc3ccc([N+](=O)[O-])cc3)ccc21. The van der Waals surface area contributed by atoms with Crippen LogP contribution < -0.4 is 10.2 Å². The molecule has 0 amide bonds. The summed E-state index contributed by atoms with van der Waals surface area (Å²) in [6.45, 7) is 2.73. The third-order valence-corrected chi connectivity index (χ3v) is 3.32. The lowest BCUT2D eigenvalue weighted by molar-refractivity contribution is -0.384. The Morgan fingerprint density at radius 2 is 1.90 bits per heavy atom. The molecule has 0 aromatic heterocycles. The van der Waals surface area contributed by atoms with E-state index < -0.39 is 4.92 Å². The zero-order valence-electron chi connectivity index (χ0n) is 10.9. The minimum Gasteiger partial charge on any atom is -0.457 e. The van der Waals surface area contributed by atoms with Gasteiger partial charge in [-0.25, -0.2) is 0 Å². The van der Waals surface area contributed by atoms with Gasteiger partial charge < -0.3 is 9.39 Å². The summed E-state index contributed by atoms with van der Waals surface area (Å²) >= 11 is 0. The smallest absolute Gasteiger partial charge is 0.324 e. The molecule has 0 spiro atoms. The molecule has 20 heavy (non-hydrogen) atoms. The Kier molecular flexibility index (Phi) is 3.16. The molecule has 3 rings (SSSR count).